The fourth-order valence-corrected chi connectivity index (χ4v) is 2.57. The molecule has 0 bridgehead atoms. The number of rotatable bonds is 4. The molecule has 1 heterocycles. The highest BCUT2D eigenvalue weighted by Gasteiger charge is 2.27. The minimum Gasteiger partial charge on any atom is -0.481 e. The van der Waals surface area contributed by atoms with Gasteiger partial charge in [0.2, 0.25) is 0 Å². The van der Waals surface area contributed by atoms with E-state index in [0.29, 0.717) is 18.4 Å². The molecule has 1 aromatic carbocycles. The summed E-state index contributed by atoms with van der Waals surface area (Å²) in [6.45, 7) is 4.11. The van der Waals surface area contributed by atoms with E-state index in [4.69, 9.17) is 5.11 Å². The third-order valence-corrected chi connectivity index (χ3v) is 3.61. The number of aliphatic carboxylic acids is 1. The molecule has 3 heteroatoms. The number of likely N-dealkylation sites (tertiary alicyclic amines) is 1. The van der Waals surface area contributed by atoms with Crippen LogP contribution in [-0.2, 0) is 4.79 Å². The van der Waals surface area contributed by atoms with Gasteiger partial charge in [-0.05, 0) is 31.4 Å². The molecule has 17 heavy (non-hydrogen) atoms. The van der Waals surface area contributed by atoms with Gasteiger partial charge >= 0.3 is 5.97 Å². The molecule has 0 aromatic heterocycles. The van der Waals surface area contributed by atoms with Crippen LogP contribution >= 0.6 is 0 Å². The van der Waals surface area contributed by atoms with E-state index in [-0.39, 0.29) is 0 Å². The summed E-state index contributed by atoms with van der Waals surface area (Å²) in [7, 11) is 0. The second-order valence-corrected chi connectivity index (χ2v) is 4.83. The van der Waals surface area contributed by atoms with Gasteiger partial charge in [-0.25, -0.2) is 0 Å². The van der Waals surface area contributed by atoms with Gasteiger partial charge in [-0.1, -0.05) is 30.3 Å². The number of carbonyl (C=O) groups is 1. The standard InChI is InChI=1S/C14H19NO2/c1-11(13-5-3-2-4-6-13)15-8-7-12(10-15)9-14(16)17/h2-6,11-12H,7-10H2,1H3,(H,16,17). The Hall–Kier alpha value is -1.35. The normalized spacial score (nSPS) is 22.5. The van der Waals surface area contributed by atoms with E-state index in [1.54, 1.807) is 0 Å². The molecule has 0 saturated carbocycles. The maximum Gasteiger partial charge on any atom is 0.303 e. The average Bonchev–Trinajstić information content (AvgIpc) is 2.77. The molecule has 1 aromatic rings. The Bertz CT molecular complexity index is 377. The molecule has 1 saturated heterocycles. The lowest BCUT2D eigenvalue weighted by Crippen LogP contribution is -2.24. The van der Waals surface area contributed by atoms with E-state index in [9.17, 15) is 4.79 Å². The summed E-state index contributed by atoms with van der Waals surface area (Å²) in [6, 6.07) is 10.8. The molecule has 1 aliphatic rings. The van der Waals surface area contributed by atoms with Gasteiger partial charge in [0.05, 0.1) is 0 Å². The van der Waals surface area contributed by atoms with Gasteiger partial charge in [0.1, 0.15) is 0 Å². The van der Waals surface area contributed by atoms with Crippen molar-refractivity contribution in [2.75, 3.05) is 13.1 Å². The molecular formula is C14H19NO2. The zero-order valence-electron chi connectivity index (χ0n) is 10.2. The molecule has 0 amide bonds. The molecule has 0 spiro atoms. The quantitative estimate of drug-likeness (QED) is 0.868. The minimum atomic E-state index is -0.677. The SMILES string of the molecule is CC(c1ccccc1)N1CCC(CC(=O)O)C1. The van der Waals surface area contributed by atoms with Crippen molar-refractivity contribution >= 4 is 5.97 Å². The monoisotopic (exact) mass is 233 g/mol. The maximum absolute atomic E-state index is 10.7. The number of nitrogens with zero attached hydrogens (tertiary/aromatic N) is 1. The van der Waals surface area contributed by atoms with Crippen LogP contribution in [0.3, 0.4) is 0 Å². The van der Waals surface area contributed by atoms with Crippen LogP contribution in [0.15, 0.2) is 30.3 Å². The number of benzene rings is 1. The molecular weight excluding hydrogens is 214 g/mol. The van der Waals surface area contributed by atoms with Crippen molar-refractivity contribution in [3.63, 3.8) is 0 Å². The zero-order chi connectivity index (χ0) is 12.3. The van der Waals surface area contributed by atoms with Crippen LogP contribution in [0.1, 0.15) is 31.4 Å². The summed E-state index contributed by atoms with van der Waals surface area (Å²) in [6.07, 6.45) is 1.31. The van der Waals surface area contributed by atoms with Crippen molar-refractivity contribution in [1.29, 1.82) is 0 Å². The number of hydrogen-bond donors (Lipinski definition) is 1. The summed E-state index contributed by atoms with van der Waals surface area (Å²) < 4.78 is 0. The van der Waals surface area contributed by atoms with Crippen molar-refractivity contribution in [1.82, 2.24) is 4.90 Å². The van der Waals surface area contributed by atoms with Crippen molar-refractivity contribution in [3.05, 3.63) is 35.9 Å². The van der Waals surface area contributed by atoms with Gasteiger partial charge in [-0.2, -0.15) is 0 Å². The first-order chi connectivity index (χ1) is 8.16. The molecule has 1 fully saturated rings. The van der Waals surface area contributed by atoms with Gasteiger partial charge in [0.25, 0.3) is 0 Å². The first-order valence-electron chi connectivity index (χ1n) is 6.17. The molecule has 0 radical (unpaired) electrons. The van der Waals surface area contributed by atoms with Crippen LogP contribution < -0.4 is 0 Å². The molecule has 0 aliphatic carbocycles. The van der Waals surface area contributed by atoms with Crippen LogP contribution in [0.25, 0.3) is 0 Å². The Kier molecular flexibility index (Phi) is 3.79. The molecule has 2 unspecified atom stereocenters. The van der Waals surface area contributed by atoms with Gasteiger partial charge in [-0.3, -0.25) is 9.69 Å². The molecule has 3 nitrogen and oxygen atoms in total. The molecule has 1 aliphatic heterocycles. The fraction of sp³-hybridized carbons (Fsp3) is 0.500. The highest BCUT2D eigenvalue weighted by molar-refractivity contribution is 5.67. The van der Waals surface area contributed by atoms with Crippen LogP contribution in [0.2, 0.25) is 0 Å². The first kappa shape index (κ1) is 12.1. The number of carboxylic acid groups (broad SMARTS) is 1. The number of carboxylic acids is 1. The summed E-state index contributed by atoms with van der Waals surface area (Å²) in [5, 5.41) is 8.80. The van der Waals surface area contributed by atoms with Crippen LogP contribution in [0, 0.1) is 5.92 Å². The molecule has 2 atom stereocenters. The van der Waals surface area contributed by atoms with E-state index in [2.05, 4.69) is 36.1 Å². The molecule has 2 rings (SSSR count). The Morgan fingerprint density at radius 2 is 2.18 bits per heavy atom. The topological polar surface area (TPSA) is 40.5 Å². The lowest BCUT2D eigenvalue weighted by Gasteiger charge is -2.24. The second-order valence-electron chi connectivity index (χ2n) is 4.83. The molecule has 1 N–H and O–H groups in total. The Morgan fingerprint density at radius 3 is 2.82 bits per heavy atom. The van der Waals surface area contributed by atoms with Crippen LogP contribution in [0.5, 0.6) is 0 Å². The summed E-state index contributed by atoms with van der Waals surface area (Å²) in [5.41, 5.74) is 1.31. The van der Waals surface area contributed by atoms with Crippen molar-refractivity contribution in [3.8, 4) is 0 Å². The predicted octanol–water partition coefficient (Wildman–Crippen LogP) is 2.54. The summed E-state index contributed by atoms with van der Waals surface area (Å²) in [4.78, 5) is 13.1. The third kappa shape index (κ3) is 3.07. The van der Waals surface area contributed by atoms with Gasteiger partial charge in [-0.15, -0.1) is 0 Å². The Labute approximate surface area is 102 Å². The smallest absolute Gasteiger partial charge is 0.303 e. The average molecular weight is 233 g/mol. The van der Waals surface area contributed by atoms with E-state index >= 15 is 0 Å². The zero-order valence-corrected chi connectivity index (χ0v) is 10.2. The van der Waals surface area contributed by atoms with Crippen molar-refractivity contribution < 1.29 is 9.90 Å². The minimum absolute atomic E-state index is 0.304. The largest absolute Gasteiger partial charge is 0.481 e. The second kappa shape index (κ2) is 5.32. The van der Waals surface area contributed by atoms with Gasteiger partial charge in [0, 0.05) is 19.0 Å². The maximum atomic E-state index is 10.7. The summed E-state index contributed by atoms with van der Waals surface area (Å²) in [5.74, 6) is -0.358. The summed E-state index contributed by atoms with van der Waals surface area (Å²) >= 11 is 0. The van der Waals surface area contributed by atoms with E-state index in [1.165, 1.54) is 5.56 Å². The lowest BCUT2D eigenvalue weighted by atomic mass is 10.1. The van der Waals surface area contributed by atoms with E-state index in [1.807, 2.05) is 6.07 Å². The van der Waals surface area contributed by atoms with Crippen molar-refractivity contribution in [2.24, 2.45) is 5.92 Å². The first-order valence-corrected chi connectivity index (χ1v) is 6.17. The highest BCUT2D eigenvalue weighted by Crippen LogP contribution is 2.28. The highest BCUT2D eigenvalue weighted by atomic mass is 16.4. The predicted molar refractivity (Wildman–Crippen MR) is 66.8 cm³/mol. The van der Waals surface area contributed by atoms with E-state index in [0.717, 1.165) is 19.5 Å². The van der Waals surface area contributed by atoms with Gasteiger partial charge in [0.15, 0.2) is 0 Å². The van der Waals surface area contributed by atoms with Crippen LogP contribution in [0.4, 0.5) is 0 Å². The lowest BCUT2D eigenvalue weighted by molar-refractivity contribution is -0.138. The molecule has 92 valence electrons. The fourth-order valence-electron chi connectivity index (χ4n) is 2.57. The van der Waals surface area contributed by atoms with Crippen molar-refractivity contribution in [2.45, 2.75) is 25.8 Å². The Morgan fingerprint density at radius 1 is 1.47 bits per heavy atom. The number of hydrogen-bond acceptors (Lipinski definition) is 2. The Balaban J connectivity index is 1.94. The van der Waals surface area contributed by atoms with Gasteiger partial charge < -0.3 is 5.11 Å². The van der Waals surface area contributed by atoms with E-state index < -0.39 is 5.97 Å². The van der Waals surface area contributed by atoms with Crippen LogP contribution in [-0.4, -0.2) is 29.1 Å². The third-order valence-electron chi connectivity index (χ3n) is 3.61.